The molecule has 0 N–H and O–H groups in total. The van der Waals surface area contributed by atoms with Crippen LogP contribution < -0.4 is 5.56 Å². The van der Waals surface area contributed by atoms with Crippen molar-refractivity contribution in [2.75, 3.05) is 0 Å². The SMILES string of the molecule is Cc1cc(C=Nn2c(C(C)C)nc3ccc(Br)cc3c2=O)c(C)n1-c1ccc(Cl)cc1. The zero-order valence-corrected chi connectivity index (χ0v) is 20.1. The maximum absolute atomic E-state index is 13.2. The molecule has 0 amide bonds. The van der Waals surface area contributed by atoms with Gasteiger partial charge in [0.2, 0.25) is 0 Å². The molecule has 158 valence electrons. The van der Waals surface area contributed by atoms with Gasteiger partial charge in [0.05, 0.1) is 17.1 Å². The van der Waals surface area contributed by atoms with Gasteiger partial charge in [-0.25, -0.2) is 4.98 Å². The van der Waals surface area contributed by atoms with Crippen molar-refractivity contribution in [3.8, 4) is 5.69 Å². The molecule has 0 aliphatic carbocycles. The number of halogens is 2. The number of hydrogen-bond donors (Lipinski definition) is 0. The second-order valence-electron chi connectivity index (χ2n) is 7.79. The first kappa shape index (κ1) is 21.5. The van der Waals surface area contributed by atoms with Crippen LogP contribution in [0.5, 0.6) is 0 Å². The van der Waals surface area contributed by atoms with Gasteiger partial charge >= 0.3 is 0 Å². The number of benzene rings is 2. The number of aromatic nitrogens is 3. The fraction of sp³-hybridized carbons (Fsp3) is 0.208. The highest BCUT2D eigenvalue weighted by atomic mass is 79.9. The van der Waals surface area contributed by atoms with Gasteiger partial charge in [0.1, 0.15) is 5.82 Å². The highest BCUT2D eigenvalue weighted by Gasteiger charge is 2.15. The zero-order valence-electron chi connectivity index (χ0n) is 17.7. The average molecular weight is 498 g/mol. The molecule has 2 heterocycles. The summed E-state index contributed by atoms with van der Waals surface area (Å²) in [6, 6.07) is 15.3. The molecule has 0 aliphatic rings. The van der Waals surface area contributed by atoms with E-state index in [2.05, 4.69) is 31.7 Å². The fourth-order valence-electron chi connectivity index (χ4n) is 3.68. The Balaban J connectivity index is 1.83. The minimum absolute atomic E-state index is 0.0411. The number of nitrogens with zero attached hydrogens (tertiary/aromatic N) is 4. The van der Waals surface area contributed by atoms with E-state index in [-0.39, 0.29) is 11.5 Å². The maximum Gasteiger partial charge on any atom is 0.282 e. The Bertz CT molecular complexity index is 1370. The van der Waals surface area contributed by atoms with Gasteiger partial charge in [0, 0.05) is 38.1 Å². The maximum atomic E-state index is 13.2. The molecule has 2 aromatic heterocycles. The van der Waals surface area contributed by atoms with Crippen molar-refractivity contribution in [2.45, 2.75) is 33.6 Å². The summed E-state index contributed by atoms with van der Waals surface area (Å²) in [5.74, 6) is 0.668. The molecule has 4 rings (SSSR count). The Kier molecular flexibility index (Phi) is 5.86. The van der Waals surface area contributed by atoms with Gasteiger partial charge in [-0.05, 0) is 62.4 Å². The Morgan fingerprint density at radius 1 is 1.10 bits per heavy atom. The van der Waals surface area contributed by atoms with Crippen LogP contribution in [0.1, 0.15) is 42.5 Å². The van der Waals surface area contributed by atoms with Crippen molar-refractivity contribution in [3.05, 3.63) is 91.2 Å². The molecule has 0 spiro atoms. The molecule has 0 unspecified atom stereocenters. The predicted octanol–water partition coefficient (Wildman–Crippen LogP) is 6.23. The Hall–Kier alpha value is -2.70. The first-order valence-electron chi connectivity index (χ1n) is 9.97. The van der Waals surface area contributed by atoms with Gasteiger partial charge in [-0.3, -0.25) is 4.79 Å². The monoisotopic (exact) mass is 496 g/mol. The topological polar surface area (TPSA) is 52.2 Å². The third kappa shape index (κ3) is 4.10. The average Bonchev–Trinajstić information content (AvgIpc) is 3.01. The minimum atomic E-state index is -0.183. The van der Waals surface area contributed by atoms with E-state index >= 15 is 0 Å². The normalized spacial score (nSPS) is 11.8. The number of rotatable bonds is 4. The first-order valence-corrected chi connectivity index (χ1v) is 11.1. The molecule has 0 atom stereocenters. The summed E-state index contributed by atoms with van der Waals surface area (Å²) in [7, 11) is 0. The van der Waals surface area contributed by atoms with Gasteiger partial charge < -0.3 is 4.57 Å². The van der Waals surface area contributed by atoms with Crippen LogP contribution in [0, 0.1) is 13.8 Å². The van der Waals surface area contributed by atoms with E-state index in [1.165, 1.54) is 4.68 Å². The summed E-state index contributed by atoms with van der Waals surface area (Å²) in [5, 5.41) is 5.80. The molecule has 0 radical (unpaired) electrons. The van der Waals surface area contributed by atoms with Gasteiger partial charge in [-0.15, -0.1) is 0 Å². The standard InChI is InChI=1S/C24H22BrClN4O/c1-14(2)23-28-22-10-5-18(25)12-21(22)24(31)30(23)27-13-17-11-15(3)29(16(17)4)20-8-6-19(26)7-9-20/h5-14H,1-4H3. The van der Waals surface area contributed by atoms with Crippen LogP contribution in [0.3, 0.4) is 0 Å². The minimum Gasteiger partial charge on any atom is -0.318 e. The first-order chi connectivity index (χ1) is 14.8. The van der Waals surface area contributed by atoms with E-state index in [9.17, 15) is 4.79 Å². The molecule has 0 fully saturated rings. The lowest BCUT2D eigenvalue weighted by Gasteiger charge is -2.12. The lowest BCUT2D eigenvalue weighted by atomic mass is 10.2. The van der Waals surface area contributed by atoms with E-state index in [1.54, 1.807) is 12.3 Å². The second-order valence-corrected chi connectivity index (χ2v) is 9.14. The van der Waals surface area contributed by atoms with Crippen LogP contribution in [0.15, 0.2) is 62.9 Å². The molecule has 4 aromatic rings. The lowest BCUT2D eigenvalue weighted by molar-refractivity contribution is 0.665. The van der Waals surface area contributed by atoms with Gasteiger partial charge in [0.25, 0.3) is 5.56 Å². The van der Waals surface area contributed by atoms with Crippen LogP contribution in [0.25, 0.3) is 16.6 Å². The summed E-state index contributed by atoms with van der Waals surface area (Å²) in [4.78, 5) is 17.9. The largest absolute Gasteiger partial charge is 0.318 e. The molecule has 31 heavy (non-hydrogen) atoms. The van der Waals surface area contributed by atoms with Crippen molar-refractivity contribution in [1.82, 2.24) is 14.2 Å². The van der Waals surface area contributed by atoms with Gasteiger partial charge in [-0.1, -0.05) is 41.4 Å². The molecule has 0 saturated heterocycles. The third-order valence-corrected chi connectivity index (χ3v) is 5.96. The zero-order chi connectivity index (χ0) is 22.3. The van der Waals surface area contributed by atoms with Crippen molar-refractivity contribution < 1.29 is 0 Å². The van der Waals surface area contributed by atoms with Crippen LogP contribution in [-0.4, -0.2) is 20.4 Å². The highest BCUT2D eigenvalue weighted by molar-refractivity contribution is 9.10. The third-order valence-electron chi connectivity index (χ3n) is 5.22. The number of hydrogen-bond acceptors (Lipinski definition) is 3. The second kappa shape index (κ2) is 8.44. The van der Waals surface area contributed by atoms with Crippen LogP contribution >= 0.6 is 27.5 Å². The van der Waals surface area contributed by atoms with E-state index in [0.29, 0.717) is 21.7 Å². The summed E-state index contributed by atoms with van der Waals surface area (Å²) in [6.07, 6.45) is 1.73. The number of fused-ring (bicyclic) bond motifs is 1. The summed E-state index contributed by atoms with van der Waals surface area (Å²) < 4.78 is 4.38. The molecular formula is C24H22BrClN4O. The summed E-state index contributed by atoms with van der Waals surface area (Å²) >= 11 is 9.47. The van der Waals surface area contributed by atoms with E-state index in [0.717, 1.165) is 27.1 Å². The fourth-order valence-corrected chi connectivity index (χ4v) is 4.16. The molecular weight excluding hydrogens is 476 g/mol. The molecule has 5 nitrogen and oxygen atoms in total. The van der Waals surface area contributed by atoms with Crippen molar-refractivity contribution in [2.24, 2.45) is 5.10 Å². The predicted molar refractivity (Wildman–Crippen MR) is 131 cm³/mol. The van der Waals surface area contributed by atoms with Crippen LogP contribution in [0.2, 0.25) is 5.02 Å². The Morgan fingerprint density at radius 3 is 2.48 bits per heavy atom. The Labute approximate surface area is 194 Å². The summed E-state index contributed by atoms with van der Waals surface area (Å²) in [6.45, 7) is 8.08. The van der Waals surface area contributed by atoms with Crippen LogP contribution in [-0.2, 0) is 0 Å². The highest BCUT2D eigenvalue weighted by Crippen LogP contribution is 2.22. The van der Waals surface area contributed by atoms with Crippen molar-refractivity contribution in [3.63, 3.8) is 0 Å². The van der Waals surface area contributed by atoms with Gasteiger partial charge in [-0.2, -0.15) is 9.78 Å². The molecule has 0 aliphatic heterocycles. The quantitative estimate of drug-likeness (QED) is 0.314. The van der Waals surface area contributed by atoms with Crippen LogP contribution in [0.4, 0.5) is 0 Å². The lowest BCUT2D eigenvalue weighted by Crippen LogP contribution is -2.23. The van der Waals surface area contributed by atoms with Crippen molar-refractivity contribution >= 4 is 44.6 Å². The van der Waals surface area contributed by atoms with Crippen molar-refractivity contribution in [1.29, 1.82) is 0 Å². The van der Waals surface area contributed by atoms with Gasteiger partial charge in [0.15, 0.2) is 0 Å². The summed E-state index contributed by atoms with van der Waals surface area (Å²) in [5.41, 5.74) is 4.54. The van der Waals surface area contributed by atoms with E-state index < -0.39 is 0 Å². The van der Waals surface area contributed by atoms with E-state index in [1.807, 2.05) is 64.1 Å². The number of aryl methyl sites for hydroxylation is 1. The molecule has 2 aromatic carbocycles. The molecule has 0 saturated carbocycles. The smallest absolute Gasteiger partial charge is 0.282 e. The molecule has 7 heteroatoms. The molecule has 0 bridgehead atoms. The Morgan fingerprint density at radius 2 is 1.81 bits per heavy atom. The van der Waals surface area contributed by atoms with E-state index in [4.69, 9.17) is 16.6 Å².